The average Bonchev–Trinajstić information content (AvgIpc) is 1.52. The normalized spacial score (nSPS) is 32.0. The van der Waals surface area contributed by atoms with Crippen molar-refractivity contribution in [3.63, 3.8) is 0 Å². The zero-order valence-corrected chi connectivity index (χ0v) is 83.1. The number of aliphatic hydroxyl groups is 4. The number of nitrogens with zero attached hydrogens (tertiary/aromatic N) is 4. The Balaban J connectivity index is 0.000000126. The molecule has 12 N–H and O–H groups in total. The van der Waals surface area contributed by atoms with Crippen molar-refractivity contribution >= 4 is 68.7 Å². The maximum Gasteiger partial charge on any atom is 0.291 e. The van der Waals surface area contributed by atoms with Crippen LogP contribution in [0.1, 0.15) is 323 Å². The third kappa shape index (κ3) is 19.1. The lowest BCUT2D eigenvalue weighted by Crippen LogP contribution is -2.61. The molecule has 18 atom stereocenters. The highest BCUT2D eigenvalue weighted by atomic mass is 16.5. The first-order valence-corrected chi connectivity index (χ1v) is 49.5. The number of aryl methyl sites for hydroxylation is 4. The van der Waals surface area contributed by atoms with E-state index < -0.39 is 33.6 Å². The van der Waals surface area contributed by atoms with Crippen LogP contribution in [-0.4, -0.2) is 132 Å². The molecule has 12 heterocycles. The van der Waals surface area contributed by atoms with Crippen molar-refractivity contribution in [2.45, 2.75) is 311 Å². The number of fused-ring (bicyclic) bond motifs is 8. The Bertz CT molecular complexity index is 5950. The maximum absolute atomic E-state index is 13.0. The SMILES string of the molecule is Cc1cnc(C(=O)Nc2ccc(C3(O)CC4C=C[C@H](C3)O4)cc2C2=CCC(C)(C)CC2)[nH]1.Cc1cnc(C(=O)Nc2ccc(C3(O)[C@H](C)C4(C)C=C[C@@](C)(O4)[C@@H]3C)cc2C2=CCC(C)(C)CC2)[nH]1.Cc1cnc(C(=O)Nc2ccc(C3(O)[C@H](C)C4C=C[C@@H](O4)[C@@H]3C)cc2C2=CCC(C)(C)CC2)[nH]1.Cc1cnc(C(=O)Nc2ccc(C3(O)[C@H](C)C4CC[C@@H](O4)[C@@H]3C)cc2C2=CCC(C)(C)CC2)[nH]1. The molecule has 4 amide bonds. The lowest BCUT2D eigenvalue weighted by atomic mass is 9.62. The molecule has 4 aromatic heterocycles. The van der Waals surface area contributed by atoms with E-state index in [0.29, 0.717) is 30.3 Å². The Morgan fingerprint density at radius 3 is 0.941 bits per heavy atom. The van der Waals surface area contributed by atoms with Crippen molar-refractivity contribution in [3.05, 3.63) is 249 Å². The minimum Gasteiger partial charge on any atom is -0.385 e. The third-order valence-corrected chi connectivity index (χ3v) is 32.9. The van der Waals surface area contributed by atoms with Crippen LogP contribution in [0.5, 0.6) is 0 Å². The van der Waals surface area contributed by atoms with Crippen molar-refractivity contribution in [2.75, 3.05) is 21.3 Å². The summed E-state index contributed by atoms with van der Waals surface area (Å²) in [6.45, 7) is 42.4. The van der Waals surface area contributed by atoms with Gasteiger partial charge in [0.05, 0.1) is 59.0 Å². The van der Waals surface area contributed by atoms with Gasteiger partial charge in [-0.2, -0.15) is 0 Å². The van der Waals surface area contributed by atoms with Gasteiger partial charge in [0.1, 0.15) is 11.2 Å². The number of aromatic amines is 4. The Labute approximate surface area is 801 Å². The van der Waals surface area contributed by atoms with Crippen molar-refractivity contribution in [1.82, 2.24) is 39.9 Å². The van der Waals surface area contributed by atoms with E-state index in [9.17, 15) is 39.6 Å². The second-order valence-corrected chi connectivity index (χ2v) is 45.1. The molecule has 12 aliphatic rings. The molecule has 136 heavy (non-hydrogen) atoms. The molecule has 0 saturated carbocycles. The quantitative estimate of drug-likeness (QED) is 0.0400. The summed E-state index contributed by atoms with van der Waals surface area (Å²) >= 11 is 0. The van der Waals surface area contributed by atoms with Crippen molar-refractivity contribution in [1.29, 1.82) is 0 Å². The predicted molar refractivity (Wildman–Crippen MR) is 534 cm³/mol. The Kier molecular flexibility index (Phi) is 26.2. The number of amides is 4. The number of anilines is 4. The minimum absolute atomic E-state index is 0.0000890. The summed E-state index contributed by atoms with van der Waals surface area (Å²) in [6, 6.07) is 23.9. The van der Waals surface area contributed by atoms with Gasteiger partial charge >= 0.3 is 0 Å². The number of benzene rings is 4. The number of nitrogens with one attached hydrogen (secondary N) is 8. The van der Waals surface area contributed by atoms with Gasteiger partial charge in [-0.15, -0.1) is 0 Å². The number of carbonyl (C=O) groups excluding carboxylic acids is 4. The largest absolute Gasteiger partial charge is 0.385 e. The number of ether oxygens (including phenoxy) is 4. The van der Waals surface area contributed by atoms with E-state index in [2.05, 4.69) is 257 Å². The van der Waals surface area contributed by atoms with Crippen LogP contribution in [-0.2, 0) is 41.4 Å². The molecule has 8 unspecified atom stereocenters. The van der Waals surface area contributed by atoms with Gasteiger partial charge in [-0.3, -0.25) is 19.2 Å². The first kappa shape index (κ1) is 97.1. The molecule has 24 nitrogen and oxygen atoms in total. The van der Waals surface area contributed by atoms with E-state index in [-0.39, 0.29) is 123 Å². The molecule has 4 aliphatic carbocycles. The van der Waals surface area contributed by atoms with Crippen LogP contribution in [0.3, 0.4) is 0 Å². The molecule has 5 fully saturated rings. The number of imidazole rings is 4. The first-order valence-electron chi connectivity index (χ1n) is 49.5. The Morgan fingerprint density at radius 2 is 0.654 bits per heavy atom. The predicted octanol–water partition coefficient (Wildman–Crippen LogP) is 22.0. The lowest BCUT2D eigenvalue weighted by molar-refractivity contribution is -0.257. The molecule has 4 aromatic carbocycles. The summed E-state index contributed by atoms with van der Waals surface area (Å²) < 4.78 is 24.6. The smallest absolute Gasteiger partial charge is 0.291 e. The molecule has 0 spiro atoms. The molecule has 8 bridgehead atoms. The van der Waals surface area contributed by atoms with Gasteiger partial charge in [0.25, 0.3) is 23.6 Å². The zero-order valence-electron chi connectivity index (χ0n) is 83.1. The Hall–Kier alpha value is -10.5. The molecule has 5 saturated heterocycles. The molecule has 8 aliphatic heterocycles. The zero-order chi connectivity index (χ0) is 97.1. The molecule has 24 heteroatoms. The van der Waals surface area contributed by atoms with Gasteiger partial charge in [-0.25, -0.2) is 19.9 Å². The molecule has 20 rings (SSSR count). The topological polar surface area (TPSA) is 349 Å². The summed E-state index contributed by atoms with van der Waals surface area (Å²) in [6.07, 6.45) is 43.2. The molecule has 0 radical (unpaired) electrons. The molecular formula is C112H142N12O12. The van der Waals surface area contributed by atoms with Crippen LogP contribution in [0.15, 0.2) is 158 Å². The van der Waals surface area contributed by atoms with Gasteiger partial charge in [-0.05, 0) is 246 Å². The van der Waals surface area contributed by atoms with Gasteiger partial charge in [0.2, 0.25) is 0 Å². The highest BCUT2D eigenvalue weighted by Crippen LogP contribution is 2.60. The fraction of sp³-hybridized carbons (Fsp3) is 0.518. The minimum atomic E-state index is -1.10. The lowest BCUT2D eigenvalue weighted by Gasteiger charge is -2.55. The standard InChI is InChI=1S/C30H39N3O3.C28H37N3O3.C28H35N3O3.C26H31N3O3/c1-18-17-31-25(32-18)26(34)33-24-9-8-22(16-23(24)21-10-12-27(4,5)13-11-21)30(35)19(2)28(6)14-15-29(7,36-28)20(30)3;2*1-16-15-29-25(30-16)26(32)31-22-7-6-20(14-21(22)19-10-12-27(4,5)13-11-19)28(33)17(2)23-8-9-24(34-23)18(28)3;1-16-15-27-23(28-16)24(30)29-22-7-4-18(26(31)13-19-5-6-20(14-26)32-19)12-21(22)17-8-10-25(2,3)11-9-17/h8-10,14-17,19-20,35H,11-13H2,1-7H3,(H,31,32)(H,33,34);6-7,10,14-15,17-18,23-24,33H,8-9,11-13H2,1-5H3,(H,29,30)(H,31,32);6-10,14-15,17-18,23-24,33H,11-13H2,1-5H3,(H,29,30)(H,31,32);4-8,12,15,19-20,31H,9-11,13-14H2,1-3H3,(H,27,28)(H,29,30)/t19-,20+,28+,29?,30?;2*17-,18+,23+,24?,28?;19-,20?,26?/m0001/s1. The number of allylic oxidation sites excluding steroid dienone is 8. The van der Waals surface area contributed by atoms with Crippen LogP contribution in [0, 0.1) is 84.9 Å². The van der Waals surface area contributed by atoms with Crippen molar-refractivity contribution < 1.29 is 58.6 Å². The maximum atomic E-state index is 13.0. The van der Waals surface area contributed by atoms with E-state index >= 15 is 0 Å². The van der Waals surface area contributed by atoms with E-state index in [4.69, 9.17) is 18.9 Å². The van der Waals surface area contributed by atoms with Gasteiger partial charge in [-0.1, -0.05) is 182 Å². The van der Waals surface area contributed by atoms with Crippen LogP contribution in [0.2, 0.25) is 0 Å². The van der Waals surface area contributed by atoms with Gasteiger partial charge in [0.15, 0.2) is 23.3 Å². The monoisotopic (exact) mass is 1850 g/mol. The van der Waals surface area contributed by atoms with Crippen LogP contribution in [0.4, 0.5) is 22.7 Å². The second-order valence-electron chi connectivity index (χ2n) is 45.1. The third-order valence-electron chi connectivity index (χ3n) is 32.9. The molecular weight excluding hydrogens is 1710 g/mol. The Morgan fingerprint density at radius 1 is 0.368 bits per heavy atom. The summed E-state index contributed by atoms with van der Waals surface area (Å²) in [5.41, 5.74) is 14.6. The first-order chi connectivity index (χ1) is 64.1. The number of H-pyrrole nitrogens is 4. The summed E-state index contributed by atoms with van der Waals surface area (Å²) in [4.78, 5) is 80.4. The van der Waals surface area contributed by atoms with E-state index in [1.54, 1.807) is 24.8 Å². The van der Waals surface area contributed by atoms with Crippen molar-refractivity contribution in [3.8, 4) is 0 Å². The van der Waals surface area contributed by atoms with E-state index in [1.165, 1.54) is 22.3 Å². The number of rotatable bonds is 16. The summed E-state index contributed by atoms with van der Waals surface area (Å²) in [7, 11) is 0. The molecule has 8 aromatic rings. The number of aromatic nitrogens is 8. The number of carbonyl (C=O) groups is 4. The van der Waals surface area contributed by atoms with Gasteiger partial charge in [0, 0.05) is 141 Å². The number of hydrogen-bond acceptors (Lipinski definition) is 16. The highest BCUT2D eigenvalue weighted by Gasteiger charge is 2.64. The second kappa shape index (κ2) is 36.7. The highest BCUT2D eigenvalue weighted by molar-refractivity contribution is 6.06. The van der Waals surface area contributed by atoms with E-state index in [0.717, 1.165) is 180 Å². The summed E-state index contributed by atoms with van der Waals surface area (Å²) in [5.74, 6) is -0.401. The van der Waals surface area contributed by atoms with Crippen molar-refractivity contribution in [2.24, 2.45) is 57.2 Å². The van der Waals surface area contributed by atoms with Crippen LogP contribution >= 0.6 is 0 Å². The molecule has 722 valence electrons. The fourth-order valence-corrected chi connectivity index (χ4v) is 23.1. The van der Waals surface area contributed by atoms with Crippen LogP contribution < -0.4 is 21.3 Å². The van der Waals surface area contributed by atoms with Gasteiger partial charge < -0.3 is 80.6 Å². The average molecular weight is 1850 g/mol. The summed E-state index contributed by atoms with van der Waals surface area (Å²) in [5, 5.41) is 60.4. The van der Waals surface area contributed by atoms with E-state index in [1.807, 2.05) is 76.2 Å². The number of hydrogen-bond donors (Lipinski definition) is 12. The van der Waals surface area contributed by atoms with Crippen LogP contribution in [0.25, 0.3) is 22.3 Å². The fourth-order valence-electron chi connectivity index (χ4n) is 23.1.